The van der Waals surface area contributed by atoms with Crippen LogP contribution in [0.5, 0.6) is 0 Å². The third kappa shape index (κ3) is 2.59. The molecule has 0 atom stereocenters. The van der Waals surface area contributed by atoms with Crippen LogP contribution in [0.3, 0.4) is 0 Å². The van der Waals surface area contributed by atoms with Gasteiger partial charge in [0.15, 0.2) is 0 Å². The van der Waals surface area contributed by atoms with Gasteiger partial charge in [0, 0.05) is 6.42 Å². The van der Waals surface area contributed by atoms with Crippen molar-refractivity contribution in [1.29, 1.82) is 0 Å². The summed E-state index contributed by atoms with van der Waals surface area (Å²) in [6.45, 7) is 4.17. The number of imidazole rings is 1. The molecule has 0 spiro atoms. The minimum absolute atomic E-state index is 0.385. The summed E-state index contributed by atoms with van der Waals surface area (Å²) in [7, 11) is 1.35. The number of ether oxygens (including phenoxy) is 1. The molecule has 18 heavy (non-hydrogen) atoms. The molecule has 4 nitrogen and oxygen atoms in total. The van der Waals surface area contributed by atoms with Gasteiger partial charge >= 0.3 is 5.97 Å². The highest BCUT2D eigenvalue weighted by Crippen LogP contribution is 2.13. The van der Waals surface area contributed by atoms with Crippen molar-refractivity contribution in [1.82, 2.24) is 9.97 Å². The molecule has 0 aliphatic heterocycles. The van der Waals surface area contributed by atoms with E-state index in [4.69, 9.17) is 0 Å². The van der Waals surface area contributed by atoms with Crippen molar-refractivity contribution in [2.75, 3.05) is 7.11 Å². The number of H-pyrrole nitrogens is 1. The Hall–Kier alpha value is -2.10. The zero-order chi connectivity index (χ0) is 13.1. The fraction of sp³-hybridized carbons (Fsp3) is 0.286. The number of nitrogens with zero attached hydrogens (tertiary/aromatic N) is 1. The van der Waals surface area contributed by atoms with Crippen LogP contribution in [0.4, 0.5) is 0 Å². The fourth-order valence-corrected chi connectivity index (χ4v) is 1.77. The second kappa shape index (κ2) is 5.04. The van der Waals surface area contributed by atoms with Crippen LogP contribution in [0, 0.1) is 13.8 Å². The van der Waals surface area contributed by atoms with Crippen LogP contribution < -0.4 is 0 Å². The summed E-state index contributed by atoms with van der Waals surface area (Å²) in [5, 5.41) is 0. The van der Waals surface area contributed by atoms with Crippen LogP contribution in [-0.4, -0.2) is 23.0 Å². The molecule has 2 rings (SSSR count). The molecule has 2 aromatic rings. The number of methoxy groups -OCH3 is 1. The molecule has 0 radical (unpaired) electrons. The quantitative estimate of drug-likeness (QED) is 0.843. The fourth-order valence-electron chi connectivity index (χ4n) is 1.77. The highest BCUT2D eigenvalue weighted by molar-refractivity contribution is 5.86. The third-order valence-electron chi connectivity index (χ3n) is 2.98. The maximum Gasteiger partial charge on any atom is 0.356 e. The lowest BCUT2D eigenvalue weighted by Gasteiger charge is -2.03. The molecule has 0 amide bonds. The molecule has 0 saturated heterocycles. The average Bonchev–Trinajstić information content (AvgIpc) is 2.81. The SMILES string of the molecule is COC(=O)c1cnc(Cc2ccc(C)c(C)c2)[nH]1. The third-order valence-corrected chi connectivity index (χ3v) is 2.98. The van der Waals surface area contributed by atoms with Crippen LogP contribution in [0.2, 0.25) is 0 Å². The maximum absolute atomic E-state index is 11.3. The number of carbonyl (C=O) groups excluding carboxylic acids is 1. The summed E-state index contributed by atoms with van der Waals surface area (Å²) in [6, 6.07) is 6.30. The van der Waals surface area contributed by atoms with E-state index < -0.39 is 5.97 Å². The Labute approximate surface area is 106 Å². The predicted octanol–water partition coefficient (Wildman–Crippen LogP) is 2.40. The summed E-state index contributed by atoms with van der Waals surface area (Å²) < 4.78 is 4.62. The molecule has 1 N–H and O–H groups in total. The van der Waals surface area contributed by atoms with E-state index in [0.717, 1.165) is 5.82 Å². The van der Waals surface area contributed by atoms with Gasteiger partial charge in [-0.1, -0.05) is 18.2 Å². The summed E-state index contributed by atoms with van der Waals surface area (Å²) in [4.78, 5) is 18.4. The lowest BCUT2D eigenvalue weighted by Crippen LogP contribution is -2.01. The van der Waals surface area contributed by atoms with Crippen molar-refractivity contribution in [3.05, 3.63) is 52.6 Å². The normalized spacial score (nSPS) is 10.4. The molecule has 4 heteroatoms. The lowest BCUT2D eigenvalue weighted by atomic mass is 10.0. The molecule has 1 aromatic carbocycles. The Morgan fingerprint density at radius 3 is 2.78 bits per heavy atom. The zero-order valence-electron chi connectivity index (χ0n) is 10.8. The Bertz CT molecular complexity index is 573. The van der Waals surface area contributed by atoms with Crippen LogP contribution in [0.1, 0.15) is 33.0 Å². The van der Waals surface area contributed by atoms with Gasteiger partial charge < -0.3 is 9.72 Å². The molecule has 0 fully saturated rings. The largest absolute Gasteiger partial charge is 0.464 e. The van der Waals surface area contributed by atoms with Crippen molar-refractivity contribution in [2.45, 2.75) is 20.3 Å². The number of hydrogen-bond acceptors (Lipinski definition) is 3. The molecule has 1 heterocycles. The molecular formula is C14H16N2O2. The molecule has 0 saturated carbocycles. The Balaban J connectivity index is 2.16. The number of aromatic amines is 1. The van der Waals surface area contributed by atoms with Gasteiger partial charge in [0.1, 0.15) is 11.5 Å². The first-order chi connectivity index (χ1) is 8.60. The van der Waals surface area contributed by atoms with E-state index >= 15 is 0 Å². The van der Waals surface area contributed by atoms with Crippen molar-refractivity contribution in [2.24, 2.45) is 0 Å². The van der Waals surface area contributed by atoms with Crippen molar-refractivity contribution in [3.8, 4) is 0 Å². The predicted molar refractivity (Wildman–Crippen MR) is 68.6 cm³/mol. The van der Waals surface area contributed by atoms with Crippen LogP contribution in [-0.2, 0) is 11.2 Å². The van der Waals surface area contributed by atoms with Crippen LogP contribution in [0.25, 0.3) is 0 Å². The van der Waals surface area contributed by atoms with E-state index in [9.17, 15) is 4.79 Å². The van der Waals surface area contributed by atoms with Gasteiger partial charge in [0.25, 0.3) is 0 Å². The van der Waals surface area contributed by atoms with Crippen molar-refractivity contribution >= 4 is 5.97 Å². The smallest absolute Gasteiger partial charge is 0.356 e. The summed E-state index contributed by atoms with van der Waals surface area (Å²) in [5.74, 6) is 0.368. The molecule has 0 aliphatic rings. The second-order valence-electron chi connectivity index (χ2n) is 4.33. The highest BCUT2D eigenvalue weighted by Gasteiger charge is 2.09. The van der Waals surface area contributed by atoms with Crippen molar-refractivity contribution < 1.29 is 9.53 Å². The first-order valence-electron chi connectivity index (χ1n) is 5.78. The topological polar surface area (TPSA) is 55.0 Å². The number of aromatic nitrogens is 2. The number of esters is 1. The van der Waals surface area contributed by atoms with Gasteiger partial charge in [-0.3, -0.25) is 0 Å². The number of benzene rings is 1. The van der Waals surface area contributed by atoms with Crippen LogP contribution >= 0.6 is 0 Å². The number of aryl methyl sites for hydroxylation is 2. The van der Waals surface area contributed by atoms with Crippen molar-refractivity contribution in [3.63, 3.8) is 0 Å². The molecule has 0 unspecified atom stereocenters. The van der Waals surface area contributed by atoms with E-state index in [1.54, 1.807) is 0 Å². The summed E-state index contributed by atoms with van der Waals surface area (Å²) in [6.07, 6.45) is 2.18. The molecule has 0 aliphatic carbocycles. The summed E-state index contributed by atoms with van der Waals surface area (Å²) >= 11 is 0. The number of rotatable bonds is 3. The Morgan fingerprint density at radius 2 is 2.11 bits per heavy atom. The first kappa shape index (κ1) is 12.4. The number of nitrogens with one attached hydrogen (secondary N) is 1. The Kier molecular flexibility index (Phi) is 3.46. The van der Waals surface area contributed by atoms with Gasteiger partial charge in [-0.15, -0.1) is 0 Å². The van der Waals surface area contributed by atoms with Gasteiger partial charge in [-0.25, -0.2) is 9.78 Å². The van der Waals surface area contributed by atoms with E-state index in [1.165, 1.54) is 30.0 Å². The monoisotopic (exact) mass is 244 g/mol. The van der Waals surface area contributed by atoms with E-state index in [-0.39, 0.29) is 0 Å². The van der Waals surface area contributed by atoms with Gasteiger partial charge in [0.05, 0.1) is 13.3 Å². The van der Waals surface area contributed by atoms with Gasteiger partial charge in [0.2, 0.25) is 0 Å². The second-order valence-corrected chi connectivity index (χ2v) is 4.33. The Morgan fingerprint density at radius 1 is 1.33 bits per heavy atom. The maximum atomic E-state index is 11.3. The molecule has 94 valence electrons. The summed E-state index contributed by atoms with van der Waals surface area (Å²) in [5.41, 5.74) is 4.08. The minimum atomic E-state index is -0.395. The number of hydrogen-bond donors (Lipinski definition) is 1. The number of carbonyl (C=O) groups is 1. The van der Waals surface area contributed by atoms with Gasteiger partial charge in [-0.2, -0.15) is 0 Å². The van der Waals surface area contributed by atoms with E-state index in [1.807, 2.05) is 0 Å². The average molecular weight is 244 g/mol. The lowest BCUT2D eigenvalue weighted by molar-refractivity contribution is 0.0594. The van der Waals surface area contributed by atoms with E-state index in [0.29, 0.717) is 12.1 Å². The molecular weight excluding hydrogens is 228 g/mol. The highest BCUT2D eigenvalue weighted by atomic mass is 16.5. The van der Waals surface area contributed by atoms with Gasteiger partial charge in [-0.05, 0) is 30.5 Å². The minimum Gasteiger partial charge on any atom is -0.464 e. The molecule has 0 bridgehead atoms. The molecule has 1 aromatic heterocycles. The standard InChI is InChI=1S/C14H16N2O2/c1-9-4-5-11(6-10(9)2)7-13-15-8-12(16-13)14(17)18-3/h4-6,8H,7H2,1-3H3,(H,15,16). The van der Waals surface area contributed by atoms with Crippen LogP contribution in [0.15, 0.2) is 24.4 Å². The zero-order valence-corrected chi connectivity index (χ0v) is 10.8. The first-order valence-corrected chi connectivity index (χ1v) is 5.78. The van der Waals surface area contributed by atoms with E-state index in [2.05, 4.69) is 46.8 Å².